The van der Waals surface area contributed by atoms with E-state index in [0.29, 0.717) is 36.4 Å². The van der Waals surface area contributed by atoms with E-state index in [4.69, 9.17) is 14.6 Å². The average molecular weight is 557 g/mol. The number of carbonyl (C=O) groups is 1. The summed E-state index contributed by atoms with van der Waals surface area (Å²) in [7, 11) is -2.22. The summed E-state index contributed by atoms with van der Waals surface area (Å²) in [5.41, 5.74) is 1.22. The second-order valence-corrected chi connectivity index (χ2v) is 12.4. The molecule has 3 heterocycles. The molecule has 0 amide bonds. The normalized spacial score (nSPS) is 20.9. The Morgan fingerprint density at radius 2 is 1.92 bits per heavy atom. The molecule has 1 aromatic carbocycles. The topological polar surface area (TPSA) is 124 Å². The molecule has 0 spiro atoms. The summed E-state index contributed by atoms with van der Waals surface area (Å²) >= 11 is 0. The highest BCUT2D eigenvalue weighted by Crippen LogP contribution is 2.41. The second-order valence-electron chi connectivity index (χ2n) is 10.5. The highest BCUT2D eigenvalue weighted by atomic mass is 32.2. The fraction of sp³-hybridized carbons (Fsp3) is 0.536. The minimum atomic E-state index is -3.81. The van der Waals surface area contributed by atoms with Gasteiger partial charge in [-0.1, -0.05) is 32.1 Å². The van der Waals surface area contributed by atoms with Crippen LogP contribution in [0.15, 0.2) is 41.4 Å². The SMILES string of the molecule is CCOc1ccc(S(=O)(=O)N2C[C@@H](CC3CCCCC3)[C@@H](n3nc(CC(=O)O)c4ccc(OC)cc43)C2)cn1. The summed E-state index contributed by atoms with van der Waals surface area (Å²) in [6.07, 6.45) is 7.99. The van der Waals surface area contributed by atoms with Gasteiger partial charge in [-0.05, 0) is 43.4 Å². The number of carboxylic acids is 1. The van der Waals surface area contributed by atoms with Gasteiger partial charge in [0.2, 0.25) is 15.9 Å². The molecule has 2 fully saturated rings. The number of rotatable bonds is 10. The first-order valence-electron chi connectivity index (χ1n) is 13.7. The molecular formula is C28H36N4O6S. The molecule has 0 radical (unpaired) electrons. The van der Waals surface area contributed by atoms with Crippen LogP contribution in [-0.4, -0.2) is 65.4 Å². The van der Waals surface area contributed by atoms with Crippen LogP contribution in [0, 0.1) is 11.8 Å². The van der Waals surface area contributed by atoms with Crippen molar-refractivity contribution in [2.24, 2.45) is 11.8 Å². The number of pyridine rings is 1. The molecule has 2 atom stereocenters. The van der Waals surface area contributed by atoms with Gasteiger partial charge in [0, 0.05) is 30.6 Å². The number of hydrogen-bond acceptors (Lipinski definition) is 7. The van der Waals surface area contributed by atoms with Crippen LogP contribution < -0.4 is 9.47 Å². The number of carboxylic acid groups (broad SMARTS) is 1. The van der Waals surface area contributed by atoms with Crippen LogP contribution in [0.2, 0.25) is 0 Å². The molecule has 1 N–H and O–H groups in total. The molecule has 3 aromatic rings. The van der Waals surface area contributed by atoms with Crippen molar-refractivity contribution in [2.75, 3.05) is 26.8 Å². The summed E-state index contributed by atoms with van der Waals surface area (Å²) in [5, 5.41) is 15.0. The molecule has 0 unspecified atom stereocenters. The third-order valence-corrected chi connectivity index (χ3v) is 9.81. The minimum absolute atomic E-state index is 0.0329. The molecule has 5 rings (SSSR count). The average Bonchev–Trinajstić information content (AvgIpc) is 3.51. The first-order chi connectivity index (χ1) is 18.8. The summed E-state index contributed by atoms with van der Waals surface area (Å²) in [6.45, 7) is 2.91. The number of nitrogens with zero attached hydrogens (tertiary/aromatic N) is 4. The fourth-order valence-electron chi connectivity index (χ4n) is 6.11. The van der Waals surface area contributed by atoms with Crippen LogP contribution in [0.25, 0.3) is 10.9 Å². The van der Waals surface area contributed by atoms with E-state index < -0.39 is 16.0 Å². The number of hydrogen-bond donors (Lipinski definition) is 1. The first kappa shape index (κ1) is 27.4. The predicted octanol–water partition coefficient (Wildman–Crippen LogP) is 4.30. The van der Waals surface area contributed by atoms with Crippen LogP contribution in [0.4, 0.5) is 0 Å². The predicted molar refractivity (Wildman–Crippen MR) is 146 cm³/mol. The van der Waals surface area contributed by atoms with Gasteiger partial charge in [-0.2, -0.15) is 9.40 Å². The van der Waals surface area contributed by atoms with E-state index in [1.54, 1.807) is 19.2 Å². The summed E-state index contributed by atoms with van der Waals surface area (Å²) < 4.78 is 41.7. The Morgan fingerprint density at radius 1 is 1.13 bits per heavy atom. The molecule has 11 heteroatoms. The van der Waals surface area contributed by atoms with Gasteiger partial charge in [-0.25, -0.2) is 13.4 Å². The molecule has 210 valence electrons. The van der Waals surface area contributed by atoms with E-state index in [1.165, 1.54) is 35.8 Å². The highest BCUT2D eigenvalue weighted by molar-refractivity contribution is 7.89. The second kappa shape index (κ2) is 11.5. The largest absolute Gasteiger partial charge is 0.497 e. The zero-order valence-corrected chi connectivity index (χ0v) is 23.3. The van der Waals surface area contributed by atoms with Gasteiger partial charge in [0.25, 0.3) is 0 Å². The maximum atomic E-state index is 13.8. The van der Waals surface area contributed by atoms with E-state index in [0.717, 1.165) is 30.2 Å². The zero-order valence-electron chi connectivity index (χ0n) is 22.5. The molecule has 2 aliphatic rings. The molecule has 1 aliphatic heterocycles. The fourth-order valence-corrected chi connectivity index (χ4v) is 7.57. The van der Waals surface area contributed by atoms with Crippen LogP contribution in [-0.2, 0) is 21.2 Å². The Labute approximate surface area is 229 Å². The Bertz CT molecular complexity index is 1420. The monoisotopic (exact) mass is 556 g/mol. The summed E-state index contributed by atoms with van der Waals surface area (Å²) in [4.78, 5) is 15.9. The first-order valence-corrected chi connectivity index (χ1v) is 15.1. The van der Waals surface area contributed by atoms with Crippen LogP contribution in [0.1, 0.15) is 57.2 Å². The summed E-state index contributed by atoms with van der Waals surface area (Å²) in [5.74, 6) is 0.627. The Hall–Kier alpha value is -3.18. The van der Waals surface area contributed by atoms with Gasteiger partial charge in [0.05, 0.1) is 43.6 Å². The van der Waals surface area contributed by atoms with E-state index in [9.17, 15) is 18.3 Å². The van der Waals surface area contributed by atoms with E-state index in [2.05, 4.69) is 4.98 Å². The van der Waals surface area contributed by atoms with Crippen molar-refractivity contribution in [3.8, 4) is 11.6 Å². The smallest absolute Gasteiger partial charge is 0.309 e. The molecule has 10 nitrogen and oxygen atoms in total. The van der Waals surface area contributed by atoms with Gasteiger partial charge >= 0.3 is 5.97 Å². The number of fused-ring (bicyclic) bond motifs is 1. The molecule has 2 aromatic heterocycles. The summed E-state index contributed by atoms with van der Waals surface area (Å²) in [6, 6.07) is 8.36. The molecule has 0 bridgehead atoms. The van der Waals surface area contributed by atoms with Gasteiger partial charge in [-0.3, -0.25) is 9.48 Å². The maximum Gasteiger partial charge on any atom is 0.309 e. The van der Waals surface area contributed by atoms with Crippen molar-refractivity contribution in [3.63, 3.8) is 0 Å². The third kappa shape index (κ3) is 5.74. The lowest BCUT2D eigenvalue weighted by Gasteiger charge is -2.27. The molecule has 39 heavy (non-hydrogen) atoms. The van der Waals surface area contributed by atoms with Crippen molar-refractivity contribution in [3.05, 3.63) is 42.2 Å². The van der Waals surface area contributed by atoms with E-state index in [-0.39, 0.29) is 29.8 Å². The number of benzene rings is 1. The van der Waals surface area contributed by atoms with Crippen molar-refractivity contribution in [2.45, 2.75) is 62.8 Å². The van der Waals surface area contributed by atoms with Crippen molar-refractivity contribution in [1.82, 2.24) is 19.1 Å². The number of methoxy groups -OCH3 is 1. The lowest BCUT2D eigenvalue weighted by Crippen LogP contribution is -2.29. The van der Waals surface area contributed by atoms with Crippen LogP contribution >= 0.6 is 0 Å². The number of sulfonamides is 1. The molecular weight excluding hydrogens is 520 g/mol. The molecule has 1 aliphatic carbocycles. The maximum absolute atomic E-state index is 13.8. The van der Waals surface area contributed by atoms with Gasteiger partial charge in [0.1, 0.15) is 10.6 Å². The lowest BCUT2D eigenvalue weighted by molar-refractivity contribution is -0.136. The molecule has 1 saturated heterocycles. The number of ether oxygens (including phenoxy) is 2. The Kier molecular flexibility index (Phi) is 8.08. The highest BCUT2D eigenvalue weighted by Gasteiger charge is 2.42. The quantitative estimate of drug-likeness (QED) is 0.392. The van der Waals surface area contributed by atoms with Crippen molar-refractivity contribution >= 4 is 26.9 Å². The van der Waals surface area contributed by atoms with E-state index >= 15 is 0 Å². The van der Waals surface area contributed by atoms with Gasteiger partial charge in [0.15, 0.2) is 0 Å². The van der Waals surface area contributed by atoms with Crippen molar-refractivity contribution in [1.29, 1.82) is 0 Å². The standard InChI is InChI=1S/C28H36N4O6S/c1-3-38-27-12-10-22(16-29-27)39(35,36)31-17-20(13-19-7-5-4-6-8-19)26(18-31)32-25-14-21(37-2)9-11-23(25)24(30-32)15-28(33)34/h9-12,14,16,19-20,26H,3-8,13,15,17-18H2,1-2H3,(H,33,34)/t20-,26+/m1/s1. The zero-order chi connectivity index (χ0) is 27.6. The van der Waals surface area contributed by atoms with E-state index in [1.807, 2.05) is 23.7 Å². The van der Waals surface area contributed by atoms with Gasteiger partial charge < -0.3 is 14.6 Å². The van der Waals surface area contributed by atoms with Gasteiger partial charge in [-0.15, -0.1) is 0 Å². The Balaban J connectivity index is 1.52. The van der Waals surface area contributed by atoms with Crippen LogP contribution in [0.3, 0.4) is 0 Å². The Morgan fingerprint density at radius 3 is 2.59 bits per heavy atom. The number of aromatic nitrogens is 3. The number of aliphatic carboxylic acids is 1. The lowest BCUT2D eigenvalue weighted by atomic mass is 9.81. The minimum Gasteiger partial charge on any atom is -0.497 e. The van der Waals surface area contributed by atoms with Crippen molar-refractivity contribution < 1.29 is 27.8 Å². The molecule has 1 saturated carbocycles. The third-order valence-electron chi connectivity index (χ3n) is 8.00. The van der Waals surface area contributed by atoms with Crippen LogP contribution in [0.5, 0.6) is 11.6 Å².